The second-order valence-electron chi connectivity index (χ2n) is 7.36. The molecule has 1 heterocycles. The Balaban J connectivity index is 1.66. The van der Waals surface area contributed by atoms with Crippen LogP contribution in [0.25, 0.3) is 0 Å². The first-order valence-corrected chi connectivity index (χ1v) is 12.4. The van der Waals surface area contributed by atoms with Crippen molar-refractivity contribution in [2.45, 2.75) is 18.2 Å². The number of para-hydroxylation sites is 1. The van der Waals surface area contributed by atoms with Gasteiger partial charge in [-0.15, -0.1) is 0 Å². The van der Waals surface area contributed by atoms with E-state index in [9.17, 15) is 18.0 Å². The van der Waals surface area contributed by atoms with Gasteiger partial charge in [-0.2, -0.15) is 4.31 Å². The van der Waals surface area contributed by atoms with E-state index in [1.807, 2.05) is 0 Å². The van der Waals surface area contributed by atoms with E-state index in [0.717, 1.165) is 0 Å². The topological polar surface area (TPSA) is 123 Å². The van der Waals surface area contributed by atoms with Crippen molar-refractivity contribution in [2.24, 2.45) is 0 Å². The molecule has 0 bridgehead atoms. The summed E-state index contributed by atoms with van der Waals surface area (Å²) >= 11 is 0. The van der Waals surface area contributed by atoms with Crippen molar-refractivity contribution in [3.05, 3.63) is 48.0 Å². The number of amides is 2. The lowest BCUT2D eigenvalue weighted by molar-refractivity contribution is -0.116. The van der Waals surface area contributed by atoms with Crippen molar-refractivity contribution in [3.8, 4) is 11.5 Å². The molecule has 1 aliphatic rings. The van der Waals surface area contributed by atoms with Gasteiger partial charge in [-0.05, 0) is 37.3 Å². The lowest BCUT2D eigenvalue weighted by Gasteiger charge is -2.26. The highest BCUT2D eigenvalue weighted by Gasteiger charge is 2.27. The minimum atomic E-state index is -3.74. The van der Waals surface area contributed by atoms with Gasteiger partial charge in [0.15, 0.2) is 0 Å². The maximum absolute atomic E-state index is 13.0. The Morgan fingerprint density at radius 3 is 2.53 bits per heavy atom. The molecular formula is C23H29N3O7S. The van der Waals surface area contributed by atoms with Crippen LogP contribution in [0, 0.1) is 0 Å². The average Bonchev–Trinajstić information content (AvgIpc) is 2.85. The predicted molar refractivity (Wildman–Crippen MR) is 126 cm³/mol. The maximum Gasteiger partial charge on any atom is 0.255 e. The van der Waals surface area contributed by atoms with Crippen LogP contribution in [0.3, 0.4) is 0 Å². The normalized spacial score (nSPS) is 14.3. The zero-order chi connectivity index (χ0) is 24.6. The van der Waals surface area contributed by atoms with E-state index in [2.05, 4.69) is 10.6 Å². The highest BCUT2D eigenvalue weighted by atomic mass is 32.2. The summed E-state index contributed by atoms with van der Waals surface area (Å²) in [5.41, 5.74) is 0.613. The molecule has 0 saturated carbocycles. The van der Waals surface area contributed by atoms with Gasteiger partial charge in [-0.25, -0.2) is 8.42 Å². The Bertz CT molecular complexity index is 1120. The van der Waals surface area contributed by atoms with Crippen LogP contribution in [0.5, 0.6) is 11.5 Å². The fourth-order valence-electron chi connectivity index (χ4n) is 3.41. The fraction of sp³-hybridized carbons (Fsp3) is 0.391. The van der Waals surface area contributed by atoms with Crippen molar-refractivity contribution < 1.29 is 32.2 Å². The SMILES string of the molecule is CCOc1ccc(S(=O)(=O)N2CCOCC2)cc1NC(=O)CCNC(=O)c1ccccc1OC. The minimum absolute atomic E-state index is 0.0209. The van der Waals surface area contributed by atoms with Crippen molar-refractivity contribution in [3.63, 3.8) is 0 Å². The number of ether oxygens (including phenoxy) is 3. The molecule has 34 heavy (non-hydrogen) atoms. The monoisotopic (exact) mass is 491 g/mol. The van der Waals surface area contributed by atoms with Gasteiger partial charge in [-0.3, -0.25) is 9.59 Å². The van der Waals surface area contributed by atoms with Gasteiger partial charge in [0, 0.05) is 26.1 Å². The third-order valence-corrected chi connectivity index (χ3v) is 7.02. The van der Waals surface area contributed by atoms with E-state index in [0.29, 0.717) is 36.9 Å². The Morgan fingerprint density at radius 2 is 1.82 bits per heavy atom. The van der Waals surface area contributed by atoms with Crippen LogP contribution >= 0.6 is 0 Å². The Kier molecular flexibility index (Phi) is 8.85. The predicted octanol–water partition coefficient (Wildman–Crippen LogP) is 1.87. The molecule has 0 atom stereocenters. The van der Waals surface area contributed by atoms with E-state index >= 15 is 0 Å². The highest BCUT2D eigenvalue weighted by molar-refractivity contribution is 7.89. The van der Waals surface area contributed by atoms with Crippen LogP contribution in [0.15, 0.2) is 47.4 Å². The third kappa shape index (κ3) is 6.25. The number of carbonyl (C=O) groups excluding carboxylic acids is 2. The molecule has 3 rings (SSSR count). The average molecular weight is 492 g/mol. The number of morpholine rings is 1. The van der Waals surface area contributed by atoms with Gasteiger partial charge in [0.1, 0.15) is 11.5 Å². The van der Waals surface area contributed by atoms with E-state index in [-0.39, 0.29) is 42.5 Å². The minimum Gasteiger partial charge on any atom is -0.496 e. The lowest BCUT2D eigenvalue weighted by Crippen LogP contribution is -2.40. The summed E-state index contributed by atoms with van der Waals surface area (Å²) < 4.78 is 43.3. The van der Waals surface area contributed by atoms with Crippen LogP contribution in [-0.4, -0.2) is 71.1 Å². The summed E-state index contributed by atoms with van der Waals surface area (Å²) in [5, 5.41) is 5.38. The Labute approximate surface area is 199 Å². The molecule has 0 aromatic heterocycles. The van der Waals surface area contributed by atoms with Gasteiger partial charge in [0.2, 0.25) is 15.9 Å². The highest BCUT2D eigenvalue weighted by Crippen LogP contribution is 2.29. The molecule has 0 unspecified atom stereocenters. The molecule has 10 nitrogen and oxygen atoms in total. The number of carbonyl (C=O) groups is 2. The summed E-state index contributed by atoms with van der Waals surface area (Å²) in [4.78, 5) is 25.0. The lowest BCUT2D eigenvalue weighted by atomic mass is 10.2. The van der Waals surface area contributed by atoms with Gasteiger partial charge in [0.25, 0.3) is 5.91 Å². The molecule has 0 spiro atoms. The molecule has 2 aromatic rings. The number of methoxy groups -OCH3 is 1. The first-order chi connectivity index (χ1) is 16.4. The van der Waals surface area contributed by atoms with Crippen molar-refractivity contribution in [2.75, 3.05) is 51.9 Å². The molecule has 1 fully saturated rings. The molecule has 184 valence electrons. The molecular weight excluding hydrogens is 462 g/mol. The molecule has 2 N–H and O–H groups in total. The first kappa shape index (κ1) is 25.5. The van der Waals surface area contributed by atoms with Gasteiger partial charge >= 0.3 is 0 Å². The number of sulfonamides is 1. The van der Waals surface area contributed by atoms with Crippen LogP contribution in [0.2, 0.25) is 0 Å². The molecule has 0 radical (unpaired) electrons. The maximum atomic E-state index is 13.0. The largest absolute Gasteiger partial charge is 0.496 e. The van der Waals surface area contributed by atoms with Crippen LogP contribution in [-0.2, 0) is 19.6 Å². The smallest absolute Gasteiger partial charge is 0.255 e. The Morgan fingerprint density at radius 1 is 1.09 bits per heavy atom. The molecule has 11 heteroatoms. The van der Waals surface area contributed by atoms with Gasteiger partial charge in [0.05, 0.1) is 43.1 Å². The number of nitrogens with one attached hydrogen (secondary N) is 2. The summed E-state index contributed by atoms with van der Waals surface area (Å²) in [6.07, 6.45) is -0.0209. The third-order valence-electron chi connectivity index (χ3n) is 5.12. The van der Waals surface area contributed by atoms with Crippen LogP contribution in [0.4, 0.5) is 5.69 Å². The first-order valence-electron chi connectivity index (χ1n) is 10.9. The molecule has 2 amide bonds. The fourth-order valence-corrected chi connectivity index (χ4v) is 4.85. The number of hydrogen-bond acceptors (Lipinski definition) is 7. The second-order valence-corrected chi connectivity index (χ2v) is 9.30. The summed E-state index contributed by atoms with van der Waals surface area (Å²) in [6, 6.07) is 11.2. The van der Waals surface area contributed by atoms with E-state index in [4.69, 9.17) is 14.2 Å². The molecule has 0 aliphatic carbocycles. The summed E-state index contributed by atoms with van der Waals surface area (Å²) in [5.74, 6) is 0.0278. The van der Waals surface area contributed by atoms with Crippen LogP contribution < -0.4 is 20.1 Å². The standard InChI is InChI=1S/C23H29N3O7S/c1-3-33-21-9-8-17(34(29,30)26-12-14-32-15-13-26)16-19(21)25-22(27)10-11-24-23(28)18-6-4-5-7-20(18)31-2/h4-9,16H,3,10-15H2,1-2H3,(H,24,28)(H,25,27). The van der Waals surface area contributed by atoms with Crippen LogP contribution in [0.1, 0.15) is 23.7 Å². The second kappa shape index (κ2) is 11.8. The van der Waals surface area contributed by atoms with Gasteiger partial charge in [-0.1, -0.05) is 12.1 Å². The van der Waals surface area contributed by atoms with E-state index in [1.54, 1.807) is 31.2 Å². The molecule has 1 aliphatic heterocycles. The molecule has 2 aromatic carbocycles. The van der Waals surface area contributed by atoms with Crippen molar-refractivity contribution in [1.82, 2.24) is 9.62 Å². The number of benzene rings is 2. The van der Waals surface area contributed by atoms with Crippen molar-refractivity contribution in [1.29, 1.82) is 0 Å². The Hall–Kier alpha value is -3.15. The zero-order valence-electron chi connectivity index (χ0n) is 19.2. The number of hydrogen-bond donors (Lipinski definition) is 2. The number of anilines is 1. The quantitative estimate of drug-likeness (QED) is 0.520. The van der Waals surface area contributed by atoms with Crippen molar-refractivity contribution >= 4 is 27.5 Å². The van der Waals surface area contributed by atoms with Gasteiger partial charge < -0.3 is 24.8 Å². The van der Waals surface area contributed by atoms with E-state index < -0.39 is 15.9 Å². The zero-order valence-corrected chi connectivity index (χ0v) is 20.0. The molecule has 1 saturated heterocycles. The van der Waals surface area contributed by atoms with E-state index in [1.165, 1.54) is 29.6 Å². The number of nitrogens with zero attached hydrogens (tertiary/aromatic N) is 1. The number of rotatable bonds is 10. The summed E-state index contributed by atoms with van der Waals surface area (Å²) in [6.45, 7) is 3.41. The summed E-state index contributed by atoms with van der Waals surface area (Å²) in [7, 11) is -2.26.